The molecule has 3 fully saturated rings. The number of allylic oxidation sites excluding steroid dienone is 1. The fourth-order valence-corrected chi connectivity index (χ4v) is 2.63. The van der Waals surface area contributed by atoms with Gasteiger partial charge in [0.2, 0.25) is 0 Å². The number of hydrogen-bond acceptors (Lipinski definition) is 0. The van der Waals surface area contributed by atoms with Crippen LogP contribution in [0.5, 0.6) is 0 Å². The van der Waals surface area contributed by atoms with E-state index in [1.807, 2.05) is 0 Å². The summed E-state index contributed by atoms with van der Waals surface area (Å²) < 4.78 is 0.763. The Morgan fingerprint density at radius 2 is 2.17 bits per heavy atom. The summed E-state index contributed by atoms with van der Waals surface area (Å²) in [5.74, 6) is 1.44. The van der Waals surface area contributed by atoms with E-state index in [2.05, 4.69) is 6.08 Å². The second-order valence-corrected chi connectivity index (χ2v) is 4.34. The second kappa shape index (κ2) is 3.08. The molecule has 0 aliphatic carbocycles. The molecule has 3 rings (SSSR count). The molecular formula is C9H14BClN. The molecule has 0 spiro atoms. The summed E-state index contributed by atoms with van der Waals surface area (Å²) in [5, 5.41) is 0. The van der Waals surface area contributed by atoms with E-state index in [-0.39, 0.29) is 0 Å². The quantitative estimate of drug-likeness (QED) is 0.327. The Bertz CT molecular complexity index is 207. The molecule has 1 nitrogen and oxygen atoms in total. The third-order valence-electron chi connectivity index (χ3n) is 3.21. The van der Waals surface area contributed by atoms with Gasteiger partial charge in [0.1, 0.15) is 0 Å². The zero-order chi connectivity index (χ0) is 8.60. The minimum absolute atomic E-state index is 0.645. The SMILES string of the molecule is [B-][N+]12CCC(CC1)/C(=C\CCl)C2. The third-order valence-corrected chi connectivity index (χ3v) is 3.36. The highest BCUT2D eigenvalue weighted by Gasteiger charge is 2.32. The van der Waals surface area contributed by atoms with Crippen molar-refractivity contribution < 1.29 is 4.39 Å². The van der Waals surface area contributed by atoms with Crippen LogP contribution in [0.25, 0.3) is 0 Å². The molecular weight excluding hydrogens is 168 g/mol. The topological polar surface area (TPSA) is 0 Å². The van der Waals surface area contributed by atoms with E-state index in [1.54, 1.807) is 0 Å². The monoisotopic (exact) mass is 182 g/mol. The number of nitrogens with zero attached hydrogens (tertiary/aromatic N) is 1. The third kappa shape index (κ3) is 1.42. The summed E-state index contributed by atoms with van der Waals surface area (Å²) >= 11 is 5.69. The molecule has 0 saturated carbocycles. The van der Waals surface area contributed by atoms with Gasteiger partial charge in [0, 0.05) is 19.0 Å². The van der Waals surface area contributed by atoms with Crippen molar-refractivity contribution in [1.29, 1.82) is 0 Å². The normalized spacial score (nSPS) is 43.8. The predicted octanol–water partition coefficient (Wildman–Crippen LogP) is 1.48. The lowest BCUT2D eigenvalue weighted by Gasteiger charge is -2.59. The van der Waals surface area contributed by atoms with E-state index < -0.39 is 0 Å². The van der Waals surface area contributed by atoms with Gasteiger partial charge in [-0.3, -0.25) is 0 Å². The van der Waals surface area contributed by atoms with Gasteiger partial charge >= 0.3 is 0 Å². The summed E-state index contributed by atoms with van der Waals surface area (Å²) in [7, 11) is 6.17. The molecule has 2 bridgehead atoms. The lowest BCUT2D eigenvalue weighted by atomic mass is 9.79. The van der Waals surface area contributed by atoms with E-state index in [4.69, 9.17) is 19.6 Å². The average molecular weight is 182 g/mol. The van der Waals surface area contributed by atoms with Gasteiger partial charge in [0.05, 0.1) is 6.54 Å². The van der Waals surface area contributed by atoms with Crippen LogP contribution < -0.4 is 0 Å². The van der Waals surface area contributed by atoms with Crippen LogP contribution in [0, 0.1) is 5.92 Å². The van der Waals surface area contributed by atoms with Crippen LogP contribution in [-0.4, -0.2) is 37.9 Å². The van der Waals surface area contributed by atoms with Gasteiger partial charge in [-0.25, -0.2) is 7.98 Å². The fourth-order valence-electron chi connectivity index (χ4n) is 2.43. The first-order valence-corrected chi connectivity index (χ1v) is 5.16. The molecule has 0 N–H and O–H groups in total. The largest absolute Gasteiger partial charge is 0.585 e. The molecule has 3 heterocycles. The first-order chi connectivity index (χ1) is 5.73. The summed E-state index contributed by atoms with van der Waals surface area (Å²) in [4.78, 5) is 0. The molecule has 0 aromatic rings. The highest BCUT2D eigenvalue weighted by Crippen LogP contribution is 2.35. The van der Waals surface area contributed by atoms with Crippen LogP contribution >= 0.6 is 11.6 Å². The zero-order valence-corrected chi connectivity index (χ0v) is 8.06. The van der Waals surface area contributed by atoms with E-state index in [1.165, 1.54) is 18.4 Å². The van der Waals surface area contributed by atoms with Crippen molar-refractivity contribution >= 4 is 19.6 Å². The molecule has 0 aromatic heterocycles. The van der Waals surface area contributed by atoms with Gasteiger partial charge in [-0.2, -0.15) is 0 Å². The number of hydrogen-bond donors (Lipinski definition) is 0. The molecule has 0 atom stereocenters. The van der Waals surface area contributed by atoms with E-state index >= 15 is 0 Å². The Morgan fingerprint density at radius 1 is 1.50 bits per heavy atom. The van der Waals surface area contributed by atoms with Crippen LogP contribution in [0.1, 0.15) is 12.8 Å². The Hall–Kier alpha value is 0.0549. The van der Waals surface area contributed by atoms with Gasteiger partial charge in [-0.1, -0.05) is 6.08 Å². The van der Waals surface area contributed by atoms with Crippen molar-refractivity contribution in [3.63, 3.8) is 0 Å². The van der Waals surface area contributed by atoms with Crippen molar-refractivity contribution in [1.82, 2.24) is 0 Å². The van der Waals surface area contributed by atoms with Gasteiger partial charge in [-0.15, -0.1) is 11.6 Å². The van der Waals surface area contributed by atoms with Crippen molar-refractivity contribution in [3.8, 4) is 0 Å². The van der Waals surface area contributed by atoms with Crippen molar-refractivity contribution in [2.45, 2.75) is 12.8 Å². The first-order valence-electron chi connectivity index (χ1n) is 4.63. The van der Waals surface area contributed by atoms with Crippen molar-refractivity contribution in [3.05, 3.63) is 11.6 Å². The van der Waals surface area contributed by atoms with Gasteiger partial charge in [0.15, 0.2) is 0 Å². The smallest absolute Gasteiger partial charge is 0.0541 e. The molecule has 0 unspecified atom stereocenters. The average Bonchev–Trinajstić information content (AvgIpc) is 2.05. The van der Waals surface area contributed by atoms with Crippen molar-refractivity contribution in [2.24, 2.45) is 5.92 Å². The summed E-state index contributed by atoms with van der Waals surface area (Å²) in [5.41, 5.74) is 1.50. The van der Waals surface area contributed by atoms with Gasteiger partial charge in [-0.05, 0) is 24.3 Å². The standard InChI is InChI=1S/C9H14BClN/c10-12-5-2-8(3-6-12)9(7-12)1-4-11/h1,8H,2-7H2/b9-1-. The Labute approximate surface area is 80.4 Å². The minimum atomic E-state index is 0.645. The van der Waals surface area contributed by atoms with Crippen LogP contribution in [0.2, 0.25) is 0 Å². The fraction of sp³-hybridized carbons (Fsp3) is 0.778. The molecule has 0 aromatic carbocycles. The Kier molecular flexibility index (Phi) is 2.22. The molecule has 3 heteroatoms. The summed E-state index contributed by atoms with van der Waals surface area (Å²) in [6.45, 7) is 3.35. The van der Waals surface area contributed by atoms with Crippen LogP contribution in [0.15, 0.2) is 11.6 Å². The van der Waals surface area contributed by atoms with Crippen LogP contribution in [0.3, 0.4) is 0 Å². The molecule has 3 aliphatic heterocycles. The molecule has 65 valence electrons. The molecule has 0 amide bonds. The Morgan fingerprint density at radius 3 is 2.67 bits per heavy atom. The molecule has 3 saturated heterocycles. The van der Waals surface area contributed by atoms with Gasteiger partial charge < -0.3 is 4.39 Å². The van der Waals surface area contributed by atoms with E-state index in [0.29, 0.717) is 5.88 Å². The molecule has 3 radical (unpaired) electrons. The first kappa shape index (κ1) is 8.64. The number of piperidine rings is 3. The lowest BCUT2D eigenvalue weighted by molar-refractivity contribution is -0.827. The minimum Gasteiger partial charge on any atom is -0.585 e. The number of alkyl halides is 1. The number of rotatable bonds is 1. The number of fused-ring (bicyclic) bond motifs is 3. The van der Waals surface area contributed by atoms with Crippen LogP contribution in [0.4, 0.5) is 0 Å². The lowest BCUT2D eigenvalue weighted by Crippen LogP contribution is -2.57. The Balaban J connectivity index is 2.16. The second-order valence-electron chi connectivity index (χ2n) is 4.03. The number of halogens is 1. The van der Waals surface area contributed by atoms with E-state index in [0.717, 1.165) is 29.9 Å². The predicted molar refractivity (Wildman–Crippen MR) is 52.1 cm³/mol. The molecule has 3 aliphatic rings. The highest BCUT2D eigenvalue weighted by atomic mass is 35.5. The zero-order valence-electron chi connectivity index (χ0n) is 7.30. The summed E-state index contributed by atoms with van der Waals surface area (Å²) in [6, 6.07) is 0. The molecule has 12 heavy (non-hydrogen) atoms. The van der Waals surface area contributed by atoms with Crippen molar-refractivity contribution in [2.75, 3.05) is 25.5 Å². The maximum atomic E-state index is 6.17. The van der Waals surface area contributed by atoms with Crippen LogP contribution in [-0.2, 0) is 0 Å². The number of quaternary nitrogens is 1. The van der Waals surface area contributed by atoms with E-state index in [9.17, 15) is 0 Å². The highest BCUT2D eigenvalue weighted by molar-refractivity contribution is 6.18. The summed E-state index contributed by atoms with van der Waals surface area (Å²) in [6.07, 6.45) is 4.68. The maximum absolute atomic E-state index is 6.17. The maximum Gasteiger partial charge on any atom is 0.0541 e. The van der Waals surface area contributed by atoms with Gasteiger partial charge in [0.25, 0.3) is 0 Å².